The third kappa shape index (κ3) is 2.24. The number of methoxy groups -OCH3 is 1. The van der Waals surface area contributed by atoms with E-state index >= 15 is 0 Å². The van der Waals surface area contributed by atoms with E-state index in [1.54, 1.807) is 19.4 Å². The Hall–Kier alpha value is -1.62. The van der Waals surface area contributed by atoms with Crippen LogP contribution in [-0.4, -0.2) is 18.0 Å². The van der Waals surface area contributed by atoms with Crippen molar-refractivity contribution in [3.05, 3.63) is 28.9 Å². The molecule has 0 aliphatic rings. The van der Waals surface area contributed by atoms with Gasteiger partial charge in [0.05, 0.1) is 12.8 Å². The molecule has 1 aromatic heterocycles. The lowest BCUT2D eigenvalue weighted by Crippen LogP contribution is -2.07. The Morgan fingerprint density at radius 3 is 2.82 bits per heavy atom. The van der Waals surface area contributed by atoms with Crippen LogP contribution in [0.15, 0.2) is 28.9 Å². The van der Waals surface area contributed by atoms with Crippen LogP contribution in [0, 0.1) is 0 Å². The molecule has 4 nitrogen and oxygen atoms in total. The molecule has 0 aliphatic heterocycles. The van der Waals surface area contributed by atoms with Gasteiger partial charge < -0.3 is 10.1 Å². The highest BCUT2D eigenvalue weighted by atomic mass is 79.9. The molecule has 88 valence electrons. The van der Waals surface area contributed by atoms with Crippen molar-refractivity contribution in [1.82, 2.24) is 4.98 Å². The third-order valence-electron chi connectivity index (χ3n) is 2.33. The highest BCUT2D eigenvalue weighted by Gasteiger charge is 2.11. The smallest absolute Gasteiger partial charge is 0.221 e. The zero-order valence-electron chi connectivity index (χ0n) is 9.45. The van der Waals surface area contributed by atoms with E-state index in [0.717, 1.165) is 9.86 Å². The predicted molar refractivity (Wildman–Crippen MR) is 70.3 cm³/mol. The third-order valence-corrected chi connectivity index (χ3v) is 3.02. The van der Waals surface area contributed by atoms with Crippen molar-refractivity contribution in [3.63, 3.8) is 0 Å². The molecular formula is C12H11BrN2O2. The fourth-order valence-electron chi connectivity index (χ4n) is 1.65. The van der Waals surface area contributed by atoms with E-state index in [0.29, 0.717) is 17.0 Å². The highest BCUT2D eigenvalue weighted by molar-refractivity contribution is 9.10. The Labute approximate surface area is 107 Å². The van der Waals surface area contributed by atoms with Gasteiger partial charge in [-0.2, -0.15) is 0 Å². The zero-order chi connectivity index (χ0) is 12.4. The molecule has 0 bridgehead atoms. The number of pyridine rings is 1. The summed E-state index contributed by atoms with van der Waals surface area (Å²) in [6.07, 6.45) is 1.69. The molecule has 1 heterocycles. The van der Waals surface area contributed by atoms with Crippen molar-refractivity contribution >= 4 is 38.4 Å². The Balaban J connectivity index is 2.69. The summed E-state index contributed by atoms with van der Waals surface area (Å²) >= 11 is 3.45. The number of carbonyl (C=O) groups is 1. The van der Waals surface area contributed by atoms with Gasteiger partial charge in [-0.25, -0.2) is 0 Å². The van der Waals surface area contributed by atoms with E-state index in [1.165, 1.54) is 6.92 Å². The number of halogens is 1. The number of rotatable bonds is 2. The molecule has 2 rings (SSSR count). The molecule has 0 radical (unpaired) electrons. The standard InChI is InChI=1S/C12H11BrN2O2/c1-7(16)15-10-4-3-8-9(13)5-6-14-11(8)12(10)17-2/h3-6H,1-2H3,(H,15,16). The first kappa shape index (κ1) is 11.9. The first-order valence-electron chi connectivity index (χ1n) is 5.02. The molecule has 17 heavy (non-hydrogen) atoms. The molecule has 0 unspecified atom stereocenters. The topological polar surface area (TPSA) is 51.2 Å². The molecule has 0 saturated carbocycles. The van der Waals surface area contributed by atoms with Gasteiger partial charge in [-0.1, -0.05) is 15.9 Å². The lowest BCUT2D eigenvalue weighted by molar-refractivity contribution is -0.114. The summed E-state index contributed by atoms with van der Waals surface area (Å²) < 4.78 is 6.26. The number of amides is 1. The first-order chi connectivity index (χ1) is 8.13. The van der Waals surface area contributed by atoms with Gasteiger partial charge in [0.15, 0.2) is 5.75 Å². The second kappa shape index (κ2) is 4.71. The maximum absolute atomic E-state index is 11.1. The molecule has 2 aromatic rings. The summed E-state index contributed by atoms with van der Waals surface area (Å²) in [4.78, 5) is 15.4. The van der Waals surface area contributed by atoms with Crippen molar-refractivity contribution in [2.75, 3.05) is 12.4 Å². The number of ether oxygens (including phenoxy) is 1. The summed E-state index contributed by atoms with van der Waals surface area (Å²) in [7, 11) is 1.56. The van der Waals surface area contributed by atoms with Gasteiger partial charge in [0.1, 0.15) is 5.52 Å². The van der Waals surface area contributed by atoms with Crippen LogP contribution in [0.25, 0.3) is 10.9 Å². The van der Waals surface area contributed by atoms with Gasteiger partial charge in [-0.05, 0) is 18.2 Å². The summed E-state index contributed by atoms with van der Waals surface area (Å²) in [5.74, 6) is 0.427. The molecule has 1 N–H and O–H groups in total. The Bertz CT molecular complexity index is 584. The van der Waals surface area contributed by atoms with Gasteiger partial charge >= 0.3 is 0 Å². The monoisotopic (exact) mass is 294 g/mol. The van der Waals surface area contributed by atoms with E-state index in [-0.39, 0.29) is 5.91 Å². The first-order valence-corrected chi connectivity index (χ1v) is 5.81. The Morgan fingerprint density at radius 1 is 1.41 bits per heavy atom. The molecule has 1 aromatic carbocycles. The molecular weight excluding hydrogens is 284 g/mol. The summed E-state index contributed by atoms with van der Waals surface area (Å²) in [6.45, 7) is 1.46. The van der Waals surface area contributed by atoms with E-state index in [1.807, 2.05) is 12.1 Å². The van der Waals surface area contributed by atoms with Crippen LogP contribution in [0.3, 0.4) is 0 Å². The minimum absolute atomic E-state index is 0.141. The largest absolute Gasteiger partial charge is 0.492 e. The second-order valence-corrected chi connectivity index (χ2v) is 4.37. The lowest BCUT2D eigenvalue weighted by atomic mass is 10.2. The Morgan fingerprint density at radius 2 is 2.18 bits per heavy atom. The number of carbonyl (C=O) groups excluding carboxylic acids is 1. The van der Waals surface area contributed by atoms with Crippen LogP contribution in [0.1, 0.15) is 6.92 Å². The van der Waals surface area contributed by atoms with Crippen LogP contribution in [0.4, 0.5) is 5.69 Å². The maximum atomic E-state index is 11.1. The molecule has 0 fully saturated rings. The van der Waals surface area contributed by atoms with Gasteiger partial charge in [0.2, 0.25) is 5.91 Å². The number of aromatic nitrogens is 1. The van der Waals surface area contributed by atoms with E-state index in [2.05, 4.69) is 26.2 Å². The zero-order valence-corrected chi connectivity index (χ0v) is 11.0. The predicted octanol–water partition coefficient (Wildman–Crippen LogP) is 2.96. The van der Waals surface area contributed by atoms with Crippen LogP contribution >= 0.6 is 15.9 Å². The van der Waals surface area contributed by atoms with Crippen LogP contribution < -0.4 is 10.1 Å². The molecule has 5 heteroatoms. The normalized spacial score (nSPS) is 10.3. The average Bonchev–Trinajstić information content (AvgIpc) is 2.28. The SMILES string of the molecule is COc1c(NC(C)=O)ccc2c(Br)ccnc12. The molecule has 0 saturated heterocycles. The summed E-state index contributed by atoms with van der Waals surface area (Å²) in [5.41, 5.74) is 1.34. The van der Waals surface area contributed by atoms with Crippen molar-refractivity contribution in [2.24, 2.45) is 0 Å². The fourth-order valence-corrected chi connectivity index (χ4v) is 2.09. The average molecular weight is 295 g/mol. The molecule has 0 spiro atoms. The number of nitrogens with one attached hydrogen (secondary N) is 1. The van der Waals surface area contributed by atoms with Crippen molar-refractivity contribution in [2.45, 2.75) is 6.92 Å². The van der Waals surface area contributed by atoms with Gasteiger partial charge in [-0.3, -0.25) is 9.78 Å². The van der Waals surface area contributed by atoms with Crippen molar-refractivity contribution in [3.8, 4) is 5.75 Å². The quantitative estimate of drug-likeness (QED) is 0.926. The van der Waals surface area contributed by atoms with Crippen molar-refractivity contribution < 1.29 is 9.53 Å². The number of hydrogen-bond acceptors (Lipinski definition) is 3. The maximum Gasteiger partial charge on any atom is 0.221 e. The van der Waals surface area contributed by atoms with Gasteiger partial charge in [0, 0.05) is 23.0 Å². The highest BCUT2D eigenvalue weighted by Crippen LogP contribution is 2.35. The minimum atomic E-state index is -0.141. The molecule has 0 aliphatic carbocycles. The number of nitrogens with zero attached hydrogens (tertiary/aromatic N) is 1. The molecule has 1 amide bonds. The van der Waals surface area contributed by atoms with Crippen LogP contribution in [0.2, 0.25) is 0 Å². The fraction of sp³-hybridized carbons (Fsp3) is 0.167. The van der Waals surface area contributed by atoms with E-state index < -0.39 is 0 Å². The van der Waals surface area contributed by atoms with Crippen LogP contribution in [0.5, 0.6) is 5.75 Å². The van der Waals surface area contributed by atoms with E-state index in [4.69, 9.17) is 4.74 Å². The van der Waals surface area contributed by atoms with Gasteiger partial charge in [0.25, 0.3) is 0 Å². The van der Waals surface area contributed by atoms with E-state index in [9.17, 15) is 4.79 Å². The number of anilines is 1. The number of hydrogen-bond donors (Lipinski definition) is 1. The Kier molecular flexibility index (Phi) is 3.28. The summed E-state index contributed by atoms with van der Waals surface area (Å²) in [6, 6.07) is 5.55. The molecule has 0 atom stereocenters. The summed E-state index contributed by atoms with van der Waals surface area (Å²) in [5, 5.41) is 3.66. The second-order valence-electron chi connectivity index (χ2n) is 3.52. The van der Waals surface area contributed by atoms with Crippen LogP contribution in [-0.2, 0) is 4.79 Å². The minimum Gasteiger partial charge on any atom is -0.492 e. The van der Waals surface area contributed by atoms with Crippen molar-refractivity contribution in [1.29, 1.82) is 0 Å². The number of fused-ring (bicyclic) bond motifs is 1. The van der Waals surface area contributed by atoms with Gasteiger partial charge in [-0.15, -0.1) is 0 Å². The number of benzene rings is 1. The lowest BCUT2D eigenvalue weighted by Gasteiger charge is -2.11.